The molecule has 6 aromatic rings. The van der Waals surface area contributed by atoms with Crippen LogP contribution in [0, 0.1) is 0 Å². The highest BCUT2D eigenvalue weighted by Gasteiger charge is 2.17. The molecule has 4 nitrogen and oxygen atoms in total. The van der Waals surface area contributed by atoms with Gasteiger partial charge in [-0.25, -0.2) is 0 Å². The fraction of sp³-hybridized carbons (Fsp3) is 0. The van der Waals surface area contributed by atoms with Crippen LogP contribution in [0.2, 0.25) is 0 Å². The third-order valence-corrected chi connectivity index (χ3v) is 6.30. The second kappa shape index (κ2) is 8.80. The summed E-state index contributed by atoms with van der Waals surface area (Å²) in [4.78, 5) is 2.13. The second-order valence-electron chi connectivity index (χ2n) is 8.49. The first-order valence-electron chi connectivity index (χ1n) is 11.5. The minimum atomic E-state index is -1.51. The Bertz CT molecular complexity index is 1610. The van der Waals surface area contributed by atoms with Gasteiger partial charge in [-0.05, 0) is 59.1 Å². The molecular formula is C30H22BNO3. The predicted molar refractivity (Wildman–Crippen MR) is 144 cm³/mol. The van der Waals surface area contributed by atoms with Crippen molar-refractivity contribution in [2.45, 2.75) is 0 Å². The maximum absolute atomic E-state index is 9.54. The zero-order valence-corrected chi connectivity index (χ0v) is 18.9. The van der Waals surface area contributed by atoms with Crippen LogP contribution in [0.15, 0.2) is 126 Å². The highest BCUT2D eigenvalue weighted by molar-refractivity contribution is 6.58. The minimum Gasteiger partial charge on any atom is -0.456 e. The molecule has 0 fully saturated rings. The lowest BCUT2D eigenvalue weighted by Crippen LogP contribution is -2.29. The number of fused-ring (bicyclic) bond motifs is 3. The van der Waals surface area contributed by atoms with Crippen LogP contribution in [-0.4, -0.2) is 17.2 Å². The number of hydrogen-bond acceptors (Lipinski definition) is 4. The number of furan rings is 1. The van der Waals surface area contributed by atoms with Crippen molar-refractivity contribution >= 4 is 51.6 Å². The summed E-state index contributed by atoms with van der Waals surface area (Å²) in [6, 6.07) is 40.2. The Balaban J connectivity index is 1.47. The molecule has 0 unspecified atom stereocenters. The lowest BCUT2D eigenvalue weighted by atomic mass is 9.80. The number of hydrogen-bond donors (Lipinski definition) is 2. The third-order valence-electron chi connectivity index (χ3n) is 6.30. The van der Waals surface area contributed by atoms with Gasteiger partial charge in [0.25, 0.3) is 0 Å². The molecule has 5 aromatic carbocycles. The number of benzene rings is 5. The van der Waals surface area contributed by atoms with E-state index < -0.39 is 7.12 Å². The summed E-state index contributed by atoms with van der Waals surface area (Å²) in [6.07, 6.45) is 0. The molecule has 1 aromatic heterocycles. The van der Waals surface area contributed by atoms with Gasteiger partial charge in [-0.1, -0.05) is 72.8 Å². The molecular weight excluding hydrogens is 433 g/mol. The summed E-state index contributed by atoms with van der Waals surface area (Å²) in [5.74, 6) is 0. The number of nitrogens with zero attached hydrogens (tertiary/aromatic N) is 1. The van der Waals surface area contributed by atoms with E-state index in [1.54, 1.807) is 12.1 Å². The zero-order chi connectivity index (χ0) is 23.8. The van der Waals surface area contributed by atoms with E-state index in [4.69, 9.17) is 4.42 Å². The quantitative estimate of drug-likeness (QED) is 0.295. The van der Waals surface area contributed by atoms with E-state index in [0.717, 1.165) is 50.1 Å². The maximum Gasteiger partial charge on any atom is 0.488 e. The van der Waals surface area contributed by atoms with E-state index in [9.17, 15) is 10.0 Å². The molecule has 0 saturated heterocycles. The van der Waals surface area contributed by atoms with Crippen LogP contribution < -0.4 is 10.4 Å². The van der Waals surface area contributed by atoms with Gasteiger partial charge in [-0.3, -0.25) is 0 Å². The molecule has 0 saturated carbocycles. The Hall–Kier alpha value is -4.32. The first-order chi connectivity index (χ1) is 17.2. The molecule has 0 atom stereocenters. The Morgan fingerprint density at radius 3 is 1.80 bits per heavy atom. The van der Waals surface area contributed by atoms with Gasteiger partial charge in [0.2, 0.25) is 0 Å². The largest absolute Gasteiger partial charge is 0.488 e. The van der Waals surface area contributed by atoms with Crippen molar-refractivity contribution in [1.82, 2.24) is 0 Å². The molecule has 0 radical (unpaired) electrons. The SMILES string of the molecule is OB(O)c1ccc(N(c2ccc(-c3ccccc3)cc2)c2ccc3c(c2)oc2ccccc23)cc1. The molecule has 1 heterocycles. The van der Waals surface area contributed by atoms with E-state index in [1.165, 1.54) is 0 Å². The summed E-state index contributed by atoms with van der Waals surface area (Å²) < 4.78 is 6.15. The first kappa shape index (κ1) is 21.2. The lowest BCUT2D eigenvalue weighted by molar-refractivity contribution is 0.426. The highest BCUT2D eigenvalue weighted by Crippen LogP contribution is 2.38. The fourth-order valence-electron chi connectivity index (χ4n) is 4.53. The molecule has 0 amide bonds. The second-order valence-corrected chi connectivity index (χ2v) is 8.49. The van der Waals surface area contributed by atoms with E-state index in [-0.39, 0.29) is 0 Å². The van der Waals surface area contributed by atoms with Crippen molar-refractivity contribution in [3.63, 3.8) is 0 Å². The monoisotopic (exact) mass is 455 g/mol. The van der Waals surface area contributed by atoms with Gasteiger partial charge in [-0.2, -0.15) is 0 Å². The smallest absolute Gasteiger partial charge is 0.456 e. The Labute approximate surface area is 203 Å². The lowest BCUT2D eigenvalue weighted by Gasteiger charge is -2.26. The molecule has 0 aliphatic heterocycles. The van der Waals surface area contributed by atoms with Crippen molar-refractivity contribution < 1.29 is 14.5 Å². The summed E-state index contributed by atoms with van der Waals surface area (Å²) in [6.45, 7) is 0. The molecule has 35 heavy (non-hydrogen) atoms. The predicted octanol–water partition coefficient (Wildman–Crippen LogP) is 6.40. The average molecular weight is 455 g/mol. The van der Waals surface area contributed by atoms with Gasteiger partial charge in [0, 0.05) is 33.9 Å². The van der Waals surface area contributed by atoms with Crippen molar-refractivity contribution in [3.05, 3.63) is 121 Å². The highest BCUT2D eigenvalue weighted by atomic mass is 16.4. The Morgan fingerprint density at radius 2 is 1.09 bits per heavy atom. The molecule has 5 heteroatoms. The summed E-state index contributed by atoms with van der Waals surface area (Å²) in [5.41, 5.74) is 7.25. The van der Waals surface area contributed by atoms with Crippen molar-refractivity contribution in [2.75, 3.05) is 4.90 Å². The maximum atomic E-state index is 9.54. The third kappa shape index (κ3) is 3.97. The van der Waals surface area contributed by atoms with Gasteiger partial charge in [0.1, 0.15) is 11.2 Å². The van der Waals surface area contributed by atoms with Gasteiger partial charge < -0.3 is 19.4 Å². The van der Waals surface area contributed by atoms with Gasteiger partial charge in [-0.15, -0.1) is 0 Å². The van der Waals surface area contributed by atoms with Crippen molar-refractivity contribution in [3.8, 4) is 11.1 Å². The summed E-state index contributed by atoms with van der Waals surface area (Å²) in [7, 11) is -1.51. The van der Waals surface area contributed by atoms with Crippen LogP contribution in [0.3, 0.4) is 0 Å². The van der Waals surface area contributed by atoms with Gasteiger partial charge in [0.05, 0.1) is 0 Å². The minimum absolute atomic E-state index is 0.445. The number of para-hydroxylation sites is 1. The normalized spacial score (nSPS) is 11.1. The van der Waals surface area contributed by atoms with Gasteiger partial charge >= 0.3 is 7.12 Å². The molecule has 2 N–H and O–H groups in total. The average Bonchev–Trinajstić information content (AvgIpc) is 3.28. The molecule has 0 bridgehead atoms. The first-order valence-corrected chi connectivity index (χ1v) is 11.5. The molecule has 0 aliphatic carbocycles. The van der Waals surface area contributed by atoms with E-state index in [1.807, 2.05) is 48.5 Å². The number of rotatable bonds is 5. The molecule has 0 spiro atoms. The number of anilines is 3. The standard InChI is InChI=1S/C30H22BNO3/c33-31(34)23-12-16-25(17-13-23)32(24-14-10-22(11-15-24)21-6-2-1-3-7-21)26-18-19-28-27-8-4-5-9-29(27)35-30(28)20-26/h1-20,33-34H. The van der Waals surface area contributed by atoms with Crippen molar-refractivity contribution in [2.24, 2.45) is 0 Å². The van der Waals surface area contributed by atoms with E-state index in [2.05, 4.69) is 65.6 Å². The van der Waals surface area contributed by atoms with Crippen LogP contribution in [0.25, 0.3) is 33.1 Å². The van der Waals surface area contributed by atoms with E-state index >= 15 is 0 Å². The van der Waals surface area contributed by atoms with Gasteiger partial charge in [0.15, 0.2) is 0 Å². The van der Waals surface area contributed by atoms with Crippen molar-refractivity contribution in [1.29, 1.82) is 0 Å². The van der Waals surface area contributed by atoms with Crippen LogP contribution in [0.1, 0.15) is 0 Å². The molecule has 0 aliphatic rings. The zero-order valence-electron chi connectivity index (χ0n) is 18.9. The molecule has 168 valence electrons. The Kier molecular flexibility index (Phi) is 5.34. The van der Waals surface area contributed by atoms with E-state index in [0.29, 0.717) is 5.46 Å². The van der Waals surface area contributed by atoms with Crippen LogP contribution in [-0.2, 0) is 0 Å². The summed E-state index contributed by atoms with van der Waals surface area (Å²) >= 11 is 0. The topological polar surface area (TPSA) is 56.8 Å². The fourth-order valence-corrected chi connectivity index (χ4v) is 4.53. The Morgan fingerprint density at radius 1 is 0.514 bits per heavy atom. The van der Waals surface area contributed by atoms with Crippen LogP contribution in [0.5, 0.6) is 0 Å². The summed E-state index contributed by atoms with van der Waals surface area (Å²) in [5, 5.41) is 21.2. The molecule has 6 rings (SSSR count). The van der Waals surface area contributed by atoms with Crippen LogP contribution in [0.4, 0.5) is 17.1 Å². The van der Waals surface area contributed by atoms with Crippen LogP contribution >= 0.6 is 0 Å².